The van der Waals surface area contributed by atoms with Crippen LogP contribution in [0.4, 0.5) is 5.69 Å². The van der Waals surface area contributed by atoms with E-state index in [0.717, 1.165) is 17.0 Å². The summed E-state index contributed by atoms with van der Waals surface area (Å²) in [6.45, 7) is 2.35. The van der Waals surface area contributed by atoms with Gasteiger partial charge in [0, 0.05) is 12.7 Å². The molecule has 1 aromatic carbocycles. The van der Waals surface area contributed by atoms with Crippen LogP contribution in [0.5, 0.6) is 0 Å². The van der Waals surface area contributed by atoms with Gasteiger partial charge in [0.15, 0.2) is 0 Å². The van der Waals surface area contributed by atoms with Crippen molar-refractivity contribution in [3.05, 3.63) is 53.5 Å². The minimum absolute atomic E-state index is 0.112. The lowest BCUT2D eigenvalue weighted by Crippen LogP contribution is -2.23. The van der Waals surface area contributed by atoms with Gasteiger partial charge in [0.1, 0.15) is 5.76 Å². The Labute approximate surface area is 106 Å². The molecule has 2 aromatic rings. The summed E-state index contributed by atoms with van der Waals surface area (Å²) in [4.78, 5) is 12.1. The number of nitrogens with one attached hydrogen (secondary N) is 2. The Morgan fingerprint density at radius 2 is 2.17 bits per heavy atom. The van der Waals surface area contributed by atoms with Gasteiger partial charge in [-0.3, -0.25) is 4.79 Å². The second-order valence-electron chi connectivity index (χ2n) is 4.06. The molecule has 94 valence electrons. The second-order valence-corrected chi connectivity index (χ2v) is 4.06. The van der Waals surface area contributed by atoms with Gasteiger partial charge in [0.25, 0.3) is 5.91 Å². The van der Waals surface area contributed by atoms with Gasteiger partial charge in [-0.05, 0) is 31.2 Å². The van der Waals surface area contributed by atoms with Crippen LogP contribution in [0.2, 0.25) is 0 Å². The topological polar surface area (TPSA) is 54.3 Å². The van der Waals surface area contributed by atoms with Crippen molar-refractivity contribution in [2.45, 2.75) is 13.5 Å². The van der Waals surface area contributed by atoms with Crippen molar-refractivity contribution in [3.63, 3.8) is 0 Å². The highest BCUT2D eigenvalue weighted by Gasteiger charge is 2.11. The predicted molar refractivity (Wildman–Crippen MR) is 70.6 cm³/mol. The molecular weight excluding hydrogens is 228 g/mol. The van der Waals surface area contributed by atoms with Crippen LogP contribution < -0.4 is 10.6 Å². The lowest BCUT2D eigenvalue weighted by atomic mass is 10.1. The normalized spacial score (nSPS) is 10.1. The fourth-order valence-electron chi connectivity index (χ4n) is 1.74. The van der Waals surface area contributed by atoms with Crippen LogP contribution >= 0.6 is 0 Å². The molecule has 0 aliphatic heterocycles. The molecule has 1 amide bonds. The van der Waals surface area contributed by atoms with Gasteiger partial charge in [0.05, 0.1) is 18.4 Å². The molecular formula is C14H16N2O2. The van der Waals surface area contributed by atoms with E-state index in [1.54, 1.807) is 19.4 Å². The Hall–Kier alpha value is -2.23. The van der Waals surface area contributed by atoms with Crippen LogP contribution in [-0.2, 0) is 6.54 Å². The van der Waals surface area contributed by atoms with Crippen LogP contribution in [0.25, 0.3) is 0 Å². The summed E-state index contributed by atoms with van der Waals surface area (Å²) in [6, 6.07) is 9.36. The molecule has 1 heterocycles. The quantitative estimate of drug-likeness (QED) is 0.869. The van der Waals surface area contributed by atoms with E-state index in [2.05, 4.69) is 10.6 Å². The van der Waals surface area contributed by atoms with E-state index in [4.69, 9.17) is 4.42 Å². The molecule has 0 spiro atoms. The van der Waals surface area contributed by atoms with Gasteiger partial charge < -0.3 is 15.1 Å². The van der Waals surface area contributed by atoms with Crippen molar-refractivity contribution in [3.8, 4) is 0 Å². The number of carbonyl (C=O) groups excluding carboxylic acids is 1. The van der Waals surface area contributed by atoms with Crippen molar-refractivity contribution in [2.24, 2.45) is 0 Å². The largest absolute Gasteiger partial charge is 0.467 e. The summed E-state index contributed by atoms with van der Waals surface area (Å²) in [5.74, 6) is 0.626. The highest BCUT2D eigenvalue weighted by atomic mass is 16.3. The van der Waals surface area contributed by atoms with Gasteiger partial charge in [-0.1, -0.05) is 11.6 Å². The summed E-state index contributed by atoms with van der Waals surface area (Å²) in [6.07, 6.45) is 1.59. The number of amides is 1. The first kappa shape index (κ1) is 12.2. The van der Waals surface area contributed by atoms with Gasteiger partial charge in [-0.15, -0.1) is 0 Å². The first-order valence-electron chi connectivity index (χ1n) is 5.79. The number of rotatable bonds is 4. The summed E-state index contributed by atoms with van der Waals surface area (Å²) < 4.78 is 5.17. The van der Waals surface area contributed by atoms with E-state index in [-0.39, 0.29) is 5.91 Å². The van der Waals surface area contributed by atoms with E-state index in [0.29, 0.717) is 12.1 Å². The number of aryl methyl sites for hydroxylation is 1. The molecule has 0 saturated carbocycles. The van der Waals surface area contributed by atoms with Gasteiger partial charge in [0.2, 0.25) is 0 Å². The minimum Gasteiger partial charge on any atom is -0.467 e. The Morgan fingerprint density at radius 3 is 2.83 bits per heavy atom. The smallest absolute Gasteiger partial charge is 0.253 e. The molecule has 0 aliphatic rings. The van der Waals surface area contributed by atoms with E-state index < -0.39 is 0 Å². The third-order valence-corrected chi connectivity index (χ3v) is 2.69. The van der Waals surface area contributed by atoms with E-state index >= 15 is 0 Å². The minimum atomic E-state index is -0.112. The SMILES string of the molecule is CNc1ccc(C)cc1C(=O)NCc1ccco1. The molecule has 0 aliphatic carbocycles. The Bertz CT molecular complexity index is 533. The molecule has 0 fully saturated rings. The summed E-state index contributed by atoms with van der Waals surface area (Å²) in [7, 11) is 1.80. The fraction of sp³-hybridized carbons (Fsp3) is 0.214. The number of anilines is 1. The first-order valence-corrected chi connectivity index (χ1v) is 5.79. The van der Waals surface area contributed by atoms with Gasteiger partial charge in [-0.2, -0.15) is 0 Å². The molecule has 0 saturated heterocycles. The zero-order valence-electron chi connectivity index (χ0n) is 10.5. The van der Waals surface area contributed by atoms with Crippen LogP contribution in [0.15, 0.2) is 41.0 Å². The highest BCUT2D eigenvalue weighted by molar-refractivity contribution is 5.99. The summed E-state index contributed by atoms with van der Waals surface area (Å²) in [5.41, 5.74) is 2.51. The maximum absolute atomic E-state index is 12.1. The molecule has 4 heteroatoms. The van der Waals surface area contributed by atoms with Crippen molar-refractivity contribution in [2.75, 3.05) is 12.4 Å². The van der Waals surface area contributed by atoms with Crippen molar-refractivity contribution < 1.29 is 9.21 Å². The maximum atomic E-state index is 12.1. The van der Waals surface area contributed by atoms with E-state index in [1.165, 1.54) is 0 Å². The fourth-order valence-corrected chi connectivity index (χ4v) is 1.74. The molecule has 0 unspecified atom stereocenters. The Balaban J connectivity index is 2.10. The average molecular weight is 244 g/mol. The molecule has 0 bridgehead atoms. The molecule has 18 heavy (non-hydrogen) atoms. The second kappa shape index (κ2) is 5.40. The van der Waals surface area contributed by atoms with Crippen LogP contribution in [-0.4, -0.2) is 13.0 Å². The zero-order chi connectivity index (χ0) is 13.0. The average Bonchev–Trinajstić information content (AvgIpc) is 2.89. The number of hydrogen-bond acceptors (Lipinski definition) is 3. The lowest BCUT2D eigenvalue weighted by molar-refractivity contribution is 0.0949. The number of carbonyl (C=O) groups is 1. The van der Waals surface area contributed by atoms with E-state index in [1.807, 2.05) is 31.2 Å². The standard InChI is InChI=1S/C14H16N2O2/c1-10-5-6-13(15-2)12(8-10)14(17)16-9-11-4-3-7-18-11/h3-8,15H,9H2,1-2H3,(H,16,17). The summed E-state index contributed by atoms with van der Waals surface area (Å²) in [5, 5.41) is 5.84. The van der Waals surface area contributed by atoms with Gasteiger partial charge in [-0.25, -0.2) is 0 Å². The highest BCUT2D eigenvalue weighted by Crippen LogP contribution is 2.16. The maximum Gasteiger partial charge on any atom is 0.253 e. The van der Waals surface area contributed by atoms with Gasteiger partial charge >= 0.3 is 0 Å². The molecule has 1 aromatic heterocycles. The molecule has 2 N–H and O–H groups in total. The first-order chi connectivity index (χ1) is 8.70. The molecule has 0 atom stereocenters. The Kier molecular flexibility index (Phi) is 3.67. The van der Waals surface area contributed by atoms with Crippen LogP contribution in [0.3, 0.4) is 0 Å². The molecule has 0 radical (unpaired) electrons. The van der Waals surface area contributed by atoms with Crippen molar-refractivity contribution in [1.29, 1.82) is 0 Å². The van der Waals surface area contributed by atoms with Crippen LogP contribution in [0.1, 0.15) is 21.7 Å². The van der Waals surface area contributed by atoms with Crippen molar-refractivity contribution >= 4 is 11.6 Å². The molecule has 4 nitrogen and oxygen atoms in total. The number of hydrogen-bond donors (Lipinski definition) is 2. The Morgan fingerprint density at radius 1 is 1.33 bits per heavy atom. The predicted octanol–water partition coefficient (Wildman–Crippen LogP) is 2.56. The zero-order valence-corrected chi connectivity index (χ0v) is 10.5. The lowest BCUT2D eigenvalue weighted by Gasteiger charge is -2.10. The van der Waals surface area contributed by atoms with E-state index in [9.17, 15) is 4.79 Å². The monoisotopic (exact) mass is 244 g/mol. The molecule has 2 rings (SSSR count). The number of furan rings is 1. The van der Waals surface area contributed by atoms with Crippen LogP contribution in [0, 0.1) is 6.92 Å². The third-order valence-electron chi connectivity index (χ3n) is 2.69. The number of benzene rings is 1. The summed E-state index contributed by atoms with van der Waals surface area (Å²) >= 11 is 0. The van der Waals surface area contributed by atoms with Crippen molar-refractivity contribution in [1.82, 2.24) is 5.32 Å². The third kappa shape index (κ3) is 2.71.